The average Bonchev–Trinajstić information content (AvgIpc) is 3.55. The number of H-pyrrole nitrogens is 1. The number of thiophene rings is 1. The number of piperidine rings is 1. The van der Waals surface area contributed by atoms with Crippen LogP contribution >= 0.6 is 11.3 Å². The molecule has 2 N–H and O–H groups in total. The summed E-state index contributed by atoms with van der Waals surface area (Å²) >= 11 is 1.05. The lowest BCUT2D eigenvalue weighted by atomic mass is 9.81. The Morgan fingerprint density at radius 1 is 1.26 bits per heavy atom. The summed E-state index contributed by atoms with van der Waals surface area (Å²) in [5.74, 6) is 0.548. The number of hydrogen-bond donors (Lipinski definition) is 2. The number of aromatic nitrogens is 3. The summed E-state index contributed by atoms with van der Waals surface area (Å²) < 4.78 is 39.3. The van der Waals surface area contributed by atoms with Crippen molar-refractivity contribution in [2.24, 2.45) is 4.99 Å². The van der Waals surface area contributed by atoms with Gasteiger partial charge in [-0.1, -0.05) is 18.2 Å². The van der Waals surface area contributed by atoms with Crippen molar-refractivity contribution in [1.82, 2.24) is 19.9 Å². The molecular formula is C31H32F3N7S. The van der Waals surface area contributed by atoms with Crippen molar-refractivity contribution in [3.05, 3.63) is 76.2 Å². The number of aliphatic imine (C=N–C) groups is 1. The van der Waals surface area contributed by atoms with Crippen molar-refractivity contribution in [2.45, 2.75) is 57.8 Å². The molecule has 0 radical (unpaired) electrons. The van der Waals surface area contributed by atoms with Gasteiger partial charge in [0.25, 0.3) is 0 Å². The third-order valence-corrected chi connectivity index (χ3v) is 8.87. The van der Waals surface area contributed by atoms with Gasteiger partial charge in [-0.25, -0.2) is 9.97 Å². The Balaban J connectivity index is 1.40. The molecule has 1 aliphatic rings. The molecule has 0 saturated carbocycles. The van der Waals surface area contributed by atoms with Crippen LogP contribution < -0.4 is 5.32 Å². The zero-order valence-corrected chi connectivity index (χ0v) is 24.4. The first-order valence-electron chi connectivity index (χ1n) is 13.7. The van der Waals surface area contributed by atoms with Crippen LogP contribution in [-0.2, 0) is 13.0 Å². The number of rotatable bonds is 9. The fourth-order valence-electron chi connectivity index (χ4n) is 5.76. The molecule has 0 amide bonds. The Morgan fingerprint density at radius 2 is 2.05 bits per heavy atom. The van der Waals surface area contributed by atoms with E-state index in [9.17, 15) is 18.4 Å². The number of nitriles is 1. The van der Waals surface area contributed by atoms with Crippen LogP contribution in [0.15, 0.2) is 59.5 Å². The van der Waals surface area contributed by atoms with Gasteiger partial charge in [0.2, 0.25) is 0 Å². The van der Waals surface area contributed by atoms with Gasteiger partial charge in [0.05, 0.1) is 11.8 Å². The minimum absolute atomic E-state index is 0.215. The topological polar surface area (TPSA) is 93.0 Å². The number of likely N-dealkylation sites (tertiary alicyclic amines) is 1. The highest BCUT2D eigenvalue weighted by atomic mass is 32.1. The van der Waals surface area contributed by atoms with E-state index < -0.39 is 18.1 Å². The summed E-state index contributed by atoms with van der Waals surface area (Å²) in [6, 6.07) is 9.78. The van der Waals surface area contributed by atoms with E-state index in [4.69, 9.17) is 0 Å². The molecule has 1 aliphatic heterocycles. The van der Waals surface area contributed by atoms with E-state index in [1.165, 1.54) is 11.9 Å². The first-order chi connectivity index (χ1) is 20.1. The fourth-order valence-corrected chi connectivity index (χ4v) is 6.79. The largest absolute Gasteiger partial charge is 0.393 e. The molecule has 1 aromatic carbocycles. The normalized spacial score (nSPS) is 16.3. The van der Waals surface area contributed by atoms with Gasteiger partial charge in [-0.15, -0.1) is 11.3 Å². The van der Waals surface area contributed by atoms with Gasteiger partial charge >= 0.3 is 6.18 Å². The second-order valence-corrected chi connectivity index (χ2v) is 11.9. The Morgan fingerprint density at radius 3 is 2.74 bits per heavy atom. The molecule has 7 nitrogen and oxygen atoms in total. The average molecular weight is 592 g/mol. The van der Waals surface area contributed by atoms with Gasteiger partial charge in [0, 0.05) is 47.2 Å². The summed E-state index contributed by atoms with van der Waals surface area (Å²) in [6.45, 7) is 10.1. The van der Waals surface area contributed by atoms with Crippen LogP contribution in [0.3, 0.4) is 0 Å². The predicted octanol–water partition coefficient (Wildman–Crippen LogP) is 7.45. The zero-order chi connectivity index (χ0) is 29.9. The van der Waals surface area contributed by atoms with Gasteiger partial charge in [-0.05, 0) is 74.7 Å². The van der Waals surface area contributed by atoms with Crippen LogP contribution in [-0.4, -0.2) is 51.4 Å². The van der Waals surface area contributed by atoms with E-state index in [1.807, 2.05) is 31.2 Å². The quantitative estimate of drug-likeness (QED) is 0.156. The third-order valence-electron chi connectivity index (χ3n) is 7.83. The number of halogens is 3. The number of nitrogens with zero attached hydrogens (tertiary/aromatic N) is 5. The summed E-state index contributed by atoms with van der Waals surface area (Å²) in [5.41, 5.74) is 4.48. The molecule has 0 bridgehead atoms. The van der Waals surface area contributed by atoms with Crippen LogP contribution in [0.1, 0.15) is 47.9 Å². The van der Waals surface area contributed by atoms with Crippen molar-refractivity contribution >= 4 is 45.0 Å². The maximum Gasteiger partial charge on any atom is 0.393 e. The Labute approximate surface area is 246 Å². The molecule has 4 aromatic rings. The number of aromatic amines is 1. The van der Waals surface area contributed by atoms with Crippen LogP contribution in [0.25, 0.3) is 21.1 Å². The molecular weight excluding hydrogens is 559 g/mol. The van der Waals surface area contributed by atoms with Crippen LogP contribution in [0.2, 0.25) is 0 Å². The van der Waals surface area contributed by atoms with Gasteiger partial charge < -0.3 is 10.3 Å². The van der Waals surface area contributed by atoms with Gasteiger partial charge in [0.1, 0.15) is 28.7 Å². The van der Waals surface area contributed by atoms with E-state index in [1.54, 1.807) is 12.3 Å². The van der Waals surface area contributed by atoms with Crippen LogP contribution in [0.5, 0.6) is 0 Å². The highest BCUT2D eigenvalue weighted by Crippen LogP contribution is 2.38. The Bertz CT molecular complexity index is 1700. The van der Waals surface area contributed by atoms with Gasteiger partial charge in [-0.3, -0.25) is 9.89 Å². The number of nitrogens with one attached hydrogen (secondary N) is 2. The lowest BCUT2D eigenvalue weighted by Gasteiger charge is -2.43. The highest BCUT2D eigenvalue weighted by molar-refractivity contribution is 7.18. The summed E-state index contributed by atoms with van der Waals surface area (Å²) in [7, 11) is 0. The second-order valence-electron chi connectivity index (χ2n) is 10.8. The molecule has 0 aliphatic carbocycles. The molecule has 11 heteroatoms. The van der Waals surface area contributed by atoms with Crippen LogP contribution in [0, 0.1) is 18.3 Å². The lowest BCUT2D eigenvalue weighted by molar-refractivity contribution is -0.126. The monoisotopic (exact) mass is 591 g/mol. The number of allylic oxidation sites excluding steroid dienone is 2. The molecule has 1 fully saturated rings. The Kier molecular flexibility index (Phi) is 8.48. The van der Waals surface area contributed by atoms with E-state index in [2.05, 4.69) is 55.9 Å². The molecule has 3 aromatic heterocycles. The number of aryl methyl sites for hydroxylation is 1. The maximum absolute atomic E-state index is 13.1. The maximum atomic E-state index is 13.1. The molecule has 5 rings (SSSR count). The van der Waals surface area contributed by atoms with E-state index in [-0.39, 0.29) is 4.88 Å². The van der Waals surface area contributed by atoms with Crippen molar-refractivity contribution in [2.75, 3.05) is 18.4 Å². The van der Waals surface area contributed by atoms with Crippen molar-refractivity contribution in [3.63, 3.8) is 0 Å². The smallest absolute Gasteiger partial charge is 0.364 e. The van der Waals surface area contributed by atoms with Crippen LogP contribution in [0.4, 0.5) is 19.0 Å². The lowest BCUT2D eigenvalue weighted by Crippen LogP contribution is -2.49. The number of benzene rings is 1. The number of anilines is 1. The minimum atomic E-state index is -4.29. The molecule has 0 unspecified atom stereocenters. The second kappa shape index (κ2) is 12.1. The van der Waals surface area contributed by atoms with Gasteiger partial charge in [-0.2, -0.15) is 18.4 Å². The predicted molar refractivity (Wildman–Crippen MR) is 163 cm³/mol. The summed E-state index contributed by atoms with van der Waals surface area (Å²) in [4.78, 5) is 19.0. The fraction of sp³-hybridized carbons (Fsp3) is 0.355. The van der Waals surface area contributed by atoms with E-state index >= 15 is 0 Å². The molecule has 0 spiro atoms. The molecule has 218 valence electrons. The molecule has 42 heavy (non-hydrogen) atoms. The standard InChI is InChI=1S/C31H32F3N7S/c1-4-5-21(17-36-3)14-30(40-28-26-13-24(15-31(32,33)34)42-29(26)38-19-37-28)8-10-41(11-9-30)18-22-6-7-27-25(20(22)2)12-23(16-35)39-27/h4-7,12-13,17,19,39H,3,8-11,14-15,18H2,1-2H3,(H,37,38,40)/b5-4-,21-17+. The summed E-state index contributed by atoms with van der Waals surface area (Å²) in [5, 5.41) is 14.6. The van der Waals surface area contributed by atoms with Gasteiger partial charge in [0.15, 0.2) is 0 Å². The zero-order valence-electron chi connectivity index (χ0n) is 23.6. The minimum Gasteiger partial charge on any atom is -0.364 e. The molecule has 4 heterocycles. The first kappa shape index (κ1) is 29.5. The van der Waals surface area contributed by atoms with Crippen molar-refractivity contribution in [1.29, 1.82) is 5.26 Å². The number of fused-ring (bicyclic) bond motifs is 2. The Hall–Kier alpha value is -4.01. The molecule has 0 atom stereocenters. The van der Waals surface area contributed by atoms with E-state index in [0.717, 1.165) is 65.9 Å². The number of hydrogen-bond acceptors (Lipinski definition) is 7. The summed E-state index contributed by atoms with van der Waals surface area (Å²) in [6.07, 6.45) is 4.08. The molecule has 1 saturated heterocycles. The number of alkyl halides is 3. The first-order valence-corrected chi connectivity index (χ1v) is 14.5. The van der Waals surface area contributed by atoms with Crippen molar-refractivity contribution in [3.8, 4) is 6.07 Å². The highest BCUT2D eigenvalue weighted by Gasteiger charge is 2.36. The third kappa shape index (κ3) is 6.55. The van der Waals surface area contributed by atoms with E-state index in [0.29, 0.717) is 28.1 Å². The SMILES string of the molecule is C=N/C=C(\C=C/C)CC1(Nc2ncnc3sc(CC(F)(F)F)cc23)CCN(Cc2ccc3[nH]c(C#N)cc3c2C)CC1. The van der Waals surface area contributed by atoms with Crippen molar-refractivity contribution < 1.29 is 13.2 Å².